The molecule has 106 valence electrons. The van der Waals surface area contributed by atoms with Crippen LogP contribution in [0.3, 0.4) is 0 Å². The van der Waals surface area contributed by atoms with Crippen molar-refractivity contribution in [3.63, 3.8) is 0 Å². The molecule has 3 rings (SSSR count). The van der Waals surface area contributed by atoms with Crippen LogP contribution in [-0.4, -0.2) is 28.1 Å². The molecule has 0 aliphatic carbocycles. The van der Waals surface area contributed by atoms with Crippen molar-refractivity contribution in [1.82, 2.24) is 15.0 Å². The maximum atomic E-state index is 4.22. The quantitative estimate of drug-likeness (QED) is 0.841. The Kier molecular flexibility index (Phi) is 2.85. The lowest BCUT2D eigenvalue weighted by Crippen LogP contribution is -2.53. The summed E-state index contributed by atoms with van der Waals surface area (Å²) in [7, 11) is 1.90. The normalized spacial score (nSPS) is 17.1. The smallest absolute Gasteiger partial charge is 0.113 e. The number of anilines is 1. The summed E-state index contributed by atoms with van der Waals surface area (Å²) in [6.45, 7) is 11.2. The molecule has 1 aromatic heterocycles. The molecular formula is C16H22N4. The predicted octanol–water partition coefficient (Wildman–Crippen LogP) is 2.95. The maximum Gasteiger partial charge on any atom is 0.113 e. The van der Waals surface area contributed by atoms with E-state index in [1.165, 1.54) is 22.4 Å². The molecule has 1 aliphatic rings. The second-order valence-corrected chi connectivity index (χ2v) is 6.75. The summed E-state index contributed by atoms with van der Waals surface area (Å²) >= 11 is 0. The van der Waals surface area contributed by atoms with Crippen LogP contribution >= 0.6 is 0 Å². The Morgan fingerprint density at radius 2 is 1.80 bits per heavy atom. The Bertz CT molecular complexity index is 646. The van der Waals surface area contributed by atoms with Crippen LogP contribution < -0.4 is 4.90 Å². The molecule has 4 nitrogen and oxygen atoms in total. The van der Waals surface area contributed by atoms with E-state index in [0.717, 1.165) is 18.8 Å². The van der Waals surface area contributed by atoms with Gasteiger partial charge in [0.05, 0.1) is 6.20 Å². The molecule has 0 atom stereocenters. The number of hydrogen-bond donors (Lipinski definition) is 0. The predicted molar refractivity (Wildman–Crippen MR) is 81.9 cm³/mol. The monoisotopic (exact) mass is 270 g/mol. The zero-order chi connectivity index (χ0) is 14.5. The van der Waals surface area contributed by atoms with Gasteiger partial charge in [0, 0.05) is 31.4 Å². The van der Waals surface area contributed by atoms with Gasteiger partial charge in [0.2, 0.25) is 0 Å². The number of nitrogens with zero attached hydrogens (tertiary/aromatic N) is 4. The van der Waals surface area contributed by atoms with E-state index in [9.17, 15) is 0 Å². The summed E-state index contributed by atoms with van der Waals surface area (Å²) in [6.07, 6.45) is 1.97. The Hall–Kier alpha value is -1.84. The van der Waals surface area contributed by atoms with E-state index in [2.05, 4.69) is 55.0 Å². The molecule has 1 fully saturated rings. The lowest BCUT2D eigenvalue weighted by molar-refractivity contribution is 0.276. The van der Waals surface area contributed by atoms with Gasteiger partial charge in [-0.1, -0.05) is 19.1 Å². The van der Waals surface area contributed by atoms with Crippen LogP contribution in [0.2, 0.25) is 0 Å². The van der Waals surface area contributed by atoms with Gasteiger partial charge >= 0.3 is 0 Å². The van der Waals surface area contributed by atoms with Gasteiger partial charge in [-0.2, -0.15) is 0 Å². The molecule has 0 amide bonds. The summed E-state index contributed by atoms with van der Waals surface area (Å²) in [6, 6.07) is 4.52. The first-order valence-corrected chi connectivity index (χ1v) is 7.09. The Labute approximate surface area is 120 Å². The van der Waals surface area contributed by atoms with Crippen LogP contribution in [0.1, 0.15) is 25.0 Å². The van der Waals surface area contributed by atoms with Crippen LogP contribution in [0.4, 0.5) is 5.69 Å². The number of benzene rings is 1. The van der Waals surface area contributed by atoms with E-state index in [0.29, 0.717) is 5.41 Å². The van der Waals surface area contributed by atoms with Gasteiger partial charge in [0.15, 0.2) is 0 Å². The van der Waals surface area contributed by atoms with Crippen LogP contribution in [0.5, 0.6) is 0 Å². The first-order valence-electron chi connectivity index (χ1n) is 7.09. The molecule has 0 N–H and O–H groups in total. The molecule has 1 aromatic carbocycles. The molecular weight excluding hydrogens is 248 g/mol. The van der Waals surface area contributed by atoms with E-state index in [4.69, 9.17) is 0 Å². The van der Waals surface area contributed by atoms with E-state index in [-0.39, 0.29) is 0 Å². The number of aromatic nitrogens is 3. The molecule has 0 saturated carbocycles. The highest BCUT2D eigenvalue weighted by Gasteiger charge is 2.34. The molecule has 2 aromatic rings. The van der Waals surface area contributed by atoms with Crippen molar-refractivity contribution in [1.29, 1.82) is 0 Å². The standard InChI is InChI=1S/C16H22N4/c1-11-7-15(20-9-16(3,4)10-20)12(2)6-13(11)14-8-19(5)18-17-14/h6-8H,9-10H2,1-5H3. The molecule has 2 heterocycles. The molecule has 20 heavy (non-hydrogen) atoms. The zero-order valence-corrected chi connectivity index (χ0v) is 12.9. The summed E-state index contributed by atoms with van der Waals surface area (Å²) in [5.74, 6) is 0. The van der Waals surface area contributed by atoms with Crippen molar-refractivity contribution in [2.24, 2.45) is 12.5 Å². The maximum absolute atomic E-state index is 4.22. The van der Waals surface area contributed by atoms with Gasteiger partial charge in [-0.15, -0.1) is 5.10 Å². The average Bonchev–Trinajstić information content (AvgIpc) is 2.75. The van der Waals surface area contributed by atoms with Crippen LogP contribution in [0.15, 0.2) is 18.3 Å². The number of aryl methyl sites for hydroxylation is 3. The van der Waals surface area contributed by atoms with Crippen molar-refractivity contribution in [2.45, 2.75) is 27.7 Å². The second kappa shape index (κ2) is 4.33. The fraction of sp³-hybridized carbons (Fsp3) is 0.500. The highest BCUT2D eigenvalue weighted by Crippen LogP contribution is 2.37. The van der Waals surface area contributed by atoms with Crippen molar-refractivity contribution in [3.8, 4) is 11.3 Å². The van der Waals surface area contributed by atoms with Gasteiger partial charge in [0.1, 0.15) is 5.69 Å². The van der Waals surface area contributed by atoms with E-state index < -0.39 is 0 Å². The third kappa shape index (κ3) is 2.19. The first kappa shape index (κ1) is 13.2. The van der Waals surface area contributed by atoms with Crippen molar-refractivity contribution >= 4 is 5.69 Å². The summed E-state index contributed by atoms with van der Waals surface area (Å²) in [5, 5.41) is 8.24. The summed E-state index contributed by atoms with van der Waals surface area (Å²) < 4.78 is 1.75. The lowest BCUT2D eigenvalue weighted by atomic mass is 9.83. The molecule has 4 heteroatoms. The molecule has 0 bridgehead atoms. The van der Waals surface area contributed by atoms with Gasteiger partial charge in [-0.25, -0.2) is 0 Å². The van der Waals surface area contributed by atoms with Crippen LogP contribution in [0.25, 0.3) is 11.3 Å². The number of rotatable bonds is 2. The first-order chi connectivity index (χ1) is 9.35. The second-order valence-electron chi connectivity index (χ2n) is 6.75. The fourth-order valence-corrected chi connectivity index (χ4v) is 3.05. The Morgan fingerprint density at radius 1 is 1.10 bits per heavy atom. The van der Waals surface area contributed by atoms with E-state index in [1.807, 2.05) is 13.2 Å². The molecule has 0 radical (unpaired) electrons. The van der Waals surface area contributed by atoms with Gasteiger partial charge in [-0.3, -0.25) is 4.68 Å². The fourth-order valence-electron chi connectivity index (χ4n) is 3.05. The highest BCUT2D eigenvalue weighted by atomic mass is 15.4. The molecule has 0 unspecified atom stereocenters. The zero-order valence-electron chi connectivity index (χ0n) is 12.9. The molecule has 0 spiro atoms. The largest absolute Gasteiger partial charge is 0.370 e. The minimum absolute atomic E-state index is 0.448. The Balaban J connectivity index is 1.95. The Morgan fingerprint density at radius 3 is 2.35 bits per heavy atom. The SMILES string of the molecule is Cc1cc(N2CC(C)(C)C2)c(C)cc1-c1cn(C)nn1. The summed E-state index contributed by atoms with van der Waals surface area (Å²) in [4.78, 5) is 2.46. The van der Waals surface area contributed by atoms with Crippen LogP contribution in [-0.2, 0) is 7.05 Å². The topological polar surface area (TPSA) is 34.0 Å². The van der Waals surface area contributed by atoms with Crippen molar-refractivity contribution in [3.05, 3.63) is 29.5 Å². The minimum Gasteiger partial charge on any atom is -0.370 e. The van der Waals surface area contributed by atoms with E-state index in [1.54, 1.807) is 4.68 Å². The molecule has 1 saturated heterocycles. The van der Waals surface area contributed by atoms with Crippen molar-refractivity contribution in [2.75, 3.05) is 18.0 Å². The third-order valence-electron chi connectivity index (χ3n) is 4.00. The van der Waals surface area contributed by atoms with Gasteiger partial charge < -0.3 is 4.90 Å². The lowest BCUT2D eigenvalue weighted by Gasteiger charge is -2.48. The third-order valence-corrected chi connectivity index (χ3v) is 4.00. The van der Waals surface area contributed by atoms with E-state index >= 15 is 0 Å². The average molecular weight is 270 g/mol. The van der Waals surface area contributed by atoms with Crippen molar-refractivity contribution < 1.29 is 0 Å². The van der Waals surface area contributed by atoms with Gasteiger partial charge in [0.25, 0.3) is 0 Å². The minimum atomic E-state index is 0.448. The highest BCUT2D eigenvalue weighted by molar-refractivity contribution is 5.70. The summed E-state index contributed by atoms with van der Waals surface area (Å²) in [5.41, 5.74) is 6.50. The number of hydrogen-bond acceptors (Lipinski definition) is 3. The van der Waals surface area contributed by atoms with Gasteiger partial charge in [-0.05, 0) is 42.5 Å². The van der Waals surface area contributed by atoms with Crippen LogP contribution in [0, 0.1) is 19.3 Å². The molecule has 1 aliphatic heterocycles.